The zero-order valence-corrected chi connectivity index (χ0v) is 24.2. The monoisotopic (exact) mass is 588 g/mol. The fourth-order valence-corrected chi connectivity index (χ4v) is 16.5. The third-order valence-corrected chi connectivity index (χ3v) is 17.3. The normalized spacial score (nSPS) is 20.5. The number of aldehydes is 1. The highest BCUT2D eigenvalue weighted by Gasteiger charge is 2.29. The second-order valence-corrected chi connectivity index (χ2v) is 17.8. The SMILES string of the molecule is O=Cc1ccc2c(=C3SC4=C(SCCS4)S3)c3ccccc3c(=C3SC4=C(SCCS4)S3)c2c1. The average Bonchev–Trinajstić information content (AvgIpc) is 3.50. The van der Waals surface area contributed by atoms with E-state index < -0.39 is 0 Å². The summed E-state index contributed by atoms with van der Waals surface area (Å²) in [5, 5.41) is 7.67. The summed E-state index contributed by atoms with van der Waals surface area (Å²) in [6, 6.07) is 15.1. The van der Waals surface area contributed by atoms with Crippen molar-refractivity contribution in [2.75, 3.05) is 23.0 Å². The summed E-state index contributed by atoms with van der Waals surface area (Å²) in [7, 11) is 0. The molecule has 4 aliphatic rings. The van der Waals surface area contributed by atoms with Gasteiger partial charge in [-0.3, -0.25) is 4.79 Å². The molecule has 0 N–H and O–H groups in total. The fraction of sp³-hybridized carbons (Fsp3) is 0.160. The lowest BCUT2D eigenvalue weighted by molar-refractivity contribution is 0.112. The first-order valence-corrected chi connectivity index (χ1v) is 17.9. The molecule has 170 valence electrons. The van der Waals surface area contributed by atoms with E-state index in [0.29, 0.717) is 0 Å². The van der Waals surface area contributed by atoms with Crippen LogP contribution in [-0.4, -0.2) is 29.3 Å². The van der Waals surface area contributed by atoms with Crippen LogP contribution >= 0.6 is 94.1 Å². The van der Waals surface area contributed by atoms with Crippen LogP contribution in [0.4, 0.5) is 0 Å². The first-order chi connectivity index (χ1) is 16.8. The predicted octanol–water partition coefficient (Wildman–Crippen LogP) is 8.11. The van der Waals surface area contributed by atoms with Crippen molar-refractivity contribution < 1.29 is 4.79 Å². The zero-order valence-electron chi connectivity index (χ0n) is 17.6. The van der Waals surface area contributed by atoms with Gasteiger partial charge in [-0.15, -0.1) is 47.0 Å². The molecule has 34 heavy (non-hydrogen) atoms. The highest BCUT2D eigenvalue weighted by atomic mass is 32.3. The number of benzene rings is 3. The minimum Gasteiger partial charge on any atom is -0.298 e. The smallest absolute Gasteiger partial charge is 0.150 e. The van der Waals surface area contributed by atoms with Crippen LogP contribution in [0.25, 0.3) is 30.0 Å². The average molecular weight is 589 g/mol. The van der Waals surface area contributed by atoms with Crippen molar-refractivity contribution in [2.45, 2.75) is 0 Å². The predicted molar refractivity (Wildman–Crippen MR) is 167 cm³/mol. The molecule has 9 heteroatoms. The molecule has 4 aliphatic heterocycles. The van der Waals surface area contributed by atoms with Gasteiger partial charge in [0.05, 0.1) is 25.4 Å². The zero-order chi connectivity index (χ0) is 22.6. The van der Waals surface area contributed by atoms with E-state index in [2.05, 4.69) is 36.4 Å². The summed E-state index contributed by atoms with van der Waals surface area (Å²) in [5.74, 6) is 4.74. The van der Waals surface area contributed by atoms with E-state index in [0.717, 1.165) is 11.8 Å². The standard InChI is InChI=1S/C25H16OS8/c26-12-13-5-6-16-17(11-13)19(21-33-24-25(34-21)30-10-9-29-24)15-4-2-1-3-14(15)18(16)20-31-22-23(32-20)28-8-7-27-22/h1-6,11-12H,7-10H2. The minimum atomic E-state index is 0.741. The molecule has 0 aromatic heterocycles. The topological polar surface area (TPSA) is 17.1 Å². The van der Waals surface area contributed by atoms with Gasteiger partial charge in [0.15, 0.2) is 0 Å². The Morgan fingerprint density at radius 2 is 0.971 bits per heavy atom. The molecular formula is C25H16OS8. The summed E-state index contributed by atoms with van der Waals surface area (Å²) < 4.78 is 8.55. The van der Waals surface area contributed by atoms with E-state index in [9.17, 15) is 4.79 Å². The van der Waals surface area contributed by atoms with Gasteiger partial charge >= 0.3 is 0 Å². The van der Waals surface area contributed by atoms with E-state index in [1.165, 1.54) is 80.4 Å². The van der Waals surface area contributed by atoms with Gasteiger partial charge < -0.3 is 0 Å². The Labute approximate surface area is 231 Å². The van der Waals surface area contributed by atoms with Crippen molar-refractivity contribution in [1.29, 1.82) is 0 Å². The molecule has 0 bridgehead atoms. The Kier molecular flexibility index (Phi) is 6.52. The Hall–Kier alpha value is -0.130. The number of hydrogen-bond donors (Lipinski definition) is 0. The Morgan fingerprint density at radius 1 is 0.529 bits per heavy atom. The minimum absolute atomic E-state index is 0.741. The van der Waals surface area contributed by atoms with Gasteiger partial charge in [0.1, 0.15) is 6.29 Å². The number of rotatable bonds is 1. The maximum atomic E-state index is 11.8. The molecular weight excluding hydrogens is 573 g/mol. The van der Waals surface area contributed by atoms with Gasteiger partial charge in [0.2, 0.25) is 0 Å². The quantitative estimate of drug-likeness (QED) is 0.205. The molecule has 0 saturated heterocycles. The van der Waals surface area contributed by atoms with E-state index in [1.54, 1.807) is 0 Å². The summed E-state index contributed by atoms with van der Waals surface area (Å²) in [4.78, 5) is 11.8. The maximum Gasteiger partial charge on any atom is 0.150 e. The van der Waals surface area contributed by atoms with Crippen LogP contribution in [0.2, 0.25) is 0 Å². The third kappa shape index (κ3) is 3.93. The van der Waals surface area contributed by atoms with Crippen molar-refractivity contribution in [3.63, 3.8) is 0 Å². The first kappa shape index (κ1) is 23.0. The summed E-state index contributed by atoms with van der Waals surface area (Å²) in [6.07, 6.45) is 0.979. The fourth-order valence-electron chi connectivity index (χ4n) is 4.35. The lowest BCUT2D eigenvalue weighted by Gasteiger charge is -2.12. The molecule has 0 atom stereocenters. The Bertz CT molecular complexity index is 1550. The van der Waals surface area contributed by atoms with E-state index in [1.807, 2.05) is 100 Å². The largest absolute Gasteiger partial charge is 0.298 e. The molecule has 4 heterocycles. The Morgan fingerprint density at radius 3 is 1.44 bits per heavy atom. The van der Waals surface area contributed by atoms with Crippen LogP contribution < -0.4 is 10.4 Å². The number of thioether (sulfide) groups is 8. The van der Waals surface area contributed by atoms with E-state index in [4.69, 9.17) is 0 Å². The molecule has 7 rings (SSSR count). The van der Waals surface area contributed by atoms with Crippen LogP contribution in [0.1, 0.15) is 10.4 Å². The third-order valence-electron chi connectivity index (χ3n) is 5.77. The van der Waals surface area contributed by atoms with Crippen LogP contribution in [0, 0.1) is 0 Å². The van der Waals surface area contributed by atoms with Crippen molar-refractivity contribution in [2.24, 2.45) is 0 Å². The lowest BCUT2D eigenvalue weighted by Crippen LogP contribution is -2.17. The molecule has 0 radical (unpaired) electrons. The van der Waals surface area contributed by atoms with Gasteiger partial charge in [-0.25, -0.2) is 0 Å². The van der Waals surface area contributed by atoms with Gasteiger partial charge in [-0.1, -0.05) is 83.4 Å². The molecule has 1 nitrogen and oxygen atoms in total. The summed E-state index contributed by atoms with van der Waals surface area (Å²) in [5.41, 5.74) is 0.741. The van der Waals surface area contributed by atoms with E-state index in [-0.39, 0.29) is 0 Å². The molecule has 0 saturated carbocycles. The highest BCUT2D eigenvalue weighted by molar-refractivity contribution is 8.47. The lowest BCUT2D eigenvalue weighted by atomic mass is 9.97. The van der Waals surface area contributed by atoms with Gasteiger partial charge in [0.25, 0.3) is 0 Å². The number of hydrogen-bond acceptors (Lipinski definition) is 9. The molecule has 3 aromatic carbocycles. The van der Waals surface area contributed by atoms with Crippen molar-refractivity contribution in [1.82, 2.24) is 0 Å². The van der Waals surface area contributed by atoms with Gasteiger partial charge in [0, 0.05) is 39.0 Å². The first-order valence-electron chi connectivity index (χ1n) is 10.7. The molecule has 0 aliphatic carbocycles. The van der Waals surface area contributed by atoms with Crippen molar-refractivity contribution in [3.05, 3.63) is 75.4 Å². The van der Waals surface area contributed by atoms with Crippen molar-refractivity contribution in [3.8, 4) is 0 Å². The second-order valence-electron chi connectivity index (χ2n) is 7.75. The van der Waals surface area contributed by atoms with Crippen LogP contribution in [0.5, 0.6) is 0 Å². The molecule has 0 fully saturated rings. The number of carbonyl (C=O) groups excluding carboxylic acids is 1. The van der Waals surface area contributed by atoms with E-state index >= 15 is 0 Å². The number of carbonyl (C=O) groups is 1. The van der Waals surface area contributed by atoms with Gasteiger partial charge in [-0.05, 0) is 27.6 Å². The maximum absolute atomic E-state index is 11.8. The molecule has 0 unspecified atom stereocenters. The molecule has 3 aromatic rings. The molecule has 0 spiro atoms. The highest BCUT2D eigenvalue weighted by Crippen LogP contribution is 2.61. The second kappa shape index (κ2) is 9.63. The van der Waals surface area contributed by atoms with Crippen molar-refractivity contribution >= 4 is 130 Å². The number of fused-ring (bicyclic) bond motifs is 2. The summed E-state index contributed by atoms with van der Waals surface area (Å²) >= 11 is 15.7. The molecule has 0 amide bonds. The Balaban J connectivity index is 1.58. The van der Waals surface area contributed by atoms with Crippen LogP contribution in [0.15, 0.2) is 59.4 Å². The van der Waals surface area contributed by atoms with Crippen LogP contribution in [-0.2, 0) is 0 Å². The van der Waals surface area contributed by atoms with Crippen LogP contribution in [0.3, 0.4) is 0 Å². The summed E-state index contributed by atoms with van der Waals surface area (Å²) in [6.45, 7) is 0. The van der Waals surface area contributed by atoms with Gasteiger partial charge in [-0.2, -0.15) is 0 Å².